The number of halogens is 1. The third-order valence-corrected chi connectivity index (χ3v) is 8.18. The lowest BCUT2D eigenvalue weighted by molar-refractivity contribution is -0.144. The molecule has 1 saturated heterocycles. The van der Waals surface area contributed by atoms with Crippen LogP contribution in [-0.2, 0) is 14.3 Å². The molecule has 36 heavy (non-hydrogen) atoms. The van der Waals surface area contributed by atoms with Crippen LogP contribution < -0.4 is 5.32 Å². The Bertz CT molecular complexity index is 1130. The summed E-state index contributed by atoms with van der Waals surface area (Å²) in [4.78, 5) is 29.2. The summed E-state index contributed by atoms with van der Waals surface area (Å²) in [7, 11) is 0. The summed E-state index contributed by atoms with van der Waals surface area (Å²) < 4.78 is 24.3. The maximum Gasteiger partial charge on any atom is 0.407 e. The van der Waals surface area contributed by atoms with E-state index in [1.54, 1.807) is 19.2 Å². The van der Waals surface area contributed by atoms with Gasteiger partial charge in [-0.05, 0) is 87.1 Å². The van der Waals surface area contributed by atoms with Gasteiger partial charge in [0.25, 0.3) is 0 Å². The number of nitrogens with one attached hydrogen (secondary N) is 1. The molecule has 5 rings (SSSR count). The van der Waals surface area contributed by atoms with Gasteiger partial charge in [-0.1, -0.05) is 24.3 Å². The number of fused-ring (bicyclic) bond motifs is 2. The summed E-state index contributed by atoms with van der Waals surface area (Å²) in [6.45, 7) is 4.15. The van der Waals surface area contributed by atoms with Crippen molar-refractivity contribution >= 4 is 18.1 Å². The highest BCUT2D eigenvalue weighted by Crippen LogP contribution is 2.53. The molecule has 7 atom stereocenters. The van der Waals surface area contributed by atoms with Gasteiger partial charge in [0.05, 0.1) is 18.2 Å². The number of aromatic nitrogens is 1. The Morgan fingerprint density at radius 1 is 1.22 bits per heavy atom. The molecule has 3 aliphatic rings. The summed E-state index contributed by atoms with van der Waals surface area (Å²) in [6.07, 6.45) is 9.07. The number of benzene rings is 1. The second-order valence-electron chi connectivity index (χ2n) is 10.3. The van der Waals surface area contributed by atoms with Crippen LogP contribution in [0.2, 0.25) is 0 Å². The van der Waals surface area contributed by atoms with Crippen LogP contribution in [0.25, 0.3) is 17.2 Å². The number of rotatable bonds is 5. The highest BCUT2D eigenvalue weighted by Gasteiger charge is 2.54. The normalized spacial score (nSPS) is 31.4. The van der Waals surface area contributed by atoms with Crippen molar-refractivity contribution in [2.75, 3.05) is 6.61 Å². The Labute approximate surface area is 211 Å². The van der Waals surface area contributed by atoms with E-state index in [4.69, 9.17) is 9.47 Å². The lowest BCUT2D eigenvalue weighted by Crippen LogP contribution is -2.48. The standard InChI is InChI=1S/C29H33FN2O4/c1-3-35-29(34)32-23-10-11-24-20(14-23)15-26-27(17(2)36-28(26)33)25(24)12-9-22-8-7-19(16-31-22)18-5-4-6-21(30)13-18/h4-9,12-13,16-17,20,23-27H,3,10-11,14-15H2,1-2H3,(H,32,34)/t17-,20-,23-,24-,25-,26+,27+/m1/s1. The molecule has 0 spiro atoms. The number of ether oxygens (including phenoxy) is 2. The van der Waals surface area contributed by atoms with Crippen molar-refractivity contribution in [1.29, 1.82) is 0 Å². The molecule has 2 aliphatic carbocycles. The number of hydrogen-bond donors (Lipinski definition) is 1. The molecular weight excluding hydrogens is 459 g/mol. The highest BCUT2D eigenvalue weighted by atomic mass is 19.1. The van der Waals surface area contributed by atoms with Crippen LogP contribution in [0.3, 0.4) is 0 Å². The first-order chi connectivity index (χ1) is 17.4. The van der Waals surface area contributed by atoms with Gasteiger partial charge in [-0.25, -0.2) is 9.18 Å². The van der Waals surface area contributed by atoms with E-state index in [1.165, 1.54) is 12.1 Å². The molecule has 1 amide bonds. The maximum absolute atomic E-state index is 13.6. The Morgan fingerprint density at radius 2 is 2.08 bits per heavy atom. The van der Waals surface area contributed by atoms with Crippen LogP contribution in [0, 0.1) is 35.4 Å². The average molecular weight is 493 g/mol. The first-order valence-corrected chi connectivity index (χ1v) is 13.0. The monoisotopic (exact) mass is 492 g/mol. The number of pyridine rings is 1. The molecule has 1 aromatic heterocycles. The number of hydrogen-bond acceptors (Lipinski definition) is 5. The minimum absolute atomic E-state index is 0.0679. The van der Waals surface area contributed by atoms with Crippen LogP contribution in [0.15, 0.2) is 48.7 Å². The molecule has 0 radical (unpaired) electrons. The molecule has 0 unspecified atom stereocenters. The van der Waals surface area contributed by atoms with Gasteiger partial charge in [0, 0.05) is 23.7 Å². The molecule has 7 heteroatoms. The predicted molar refractivity (Wildman–Crippen MR) is 134 cm³/mol. The average Bonchev–Trinajstić information content (AvgIpc) is 3.15. The van der Waals surface area contributed by atoms with Crippen LogP contribution in [0.5, 0.6) is 0 Å². The van der Waals surface area contributed by atoms with Gasteiger partial charge in [-0.2, -0.15) is 0 Å². The van der Waals surface area contributed by atoms with E-state index >= 15 is 0 Å². The number of cyclic esters (lactones) is 1. The number of carbonyl (C=O) groups excluding carboxylic acids is 2. The summed E-state index contributed by atoms with van der Waals surface area (Å²) in [6, 6.07) is 10.4. The summed E-state index contributed by atoms with van der Waals surface area (Å²) in [5.74, 6) is 0.629. The smallest absolute Gasteiger partial charge is 0.407 e. The lowest BCUT2D eigenvalue weighted by Gasteiger charge is -2.47. The molecule has 3 fully saturated rings. The van der Waals surface area contributed by atoms with Crippen molar-refractivity contribution < 1.29 is 23.5 Å². The molecular formula is C29H33FN2O4. The van der Waals surface area contributed by atoms with Gasteiger partial charge in [0.15, 0.2) is 0 Å². The second kappa shape index (κ2) is 10.4. The third-order valence-electron chi connectivity index (χ3n) is 8.18. The van der Waals surface area contributed by atoms with Gasteiger partial charge < -0.3 is 14.8 Å². The summed E-state index contributed by atoms with van der Waals surface area (Å²) in [5.41, 5.74) is 2.48. The van der Waals surface area contributed by atoms with Gasteiger partial charge >= 0.3 is 12.1 Å². The van der Waals surface area contributed by atoms with E-state index < -0.39 is 0 Å². The van der Waals surface area contributed by atoms with Gasteiger partial charge in [0.1, 0.15) is 11.9 Å². The van der Waals surface area contributed by atoms with Crippen molar-refractivity contribution in [2.24, 2.45) is 29.6 Å². The molecule has 2 heterocycles. The van der Waals surface area contributed by atoms with Crippen molar-refractivity contribution in [1.82, 2.24) is 10.3 Å². The first kappa shape index (κ1) is 24.5. The molecule has 1 N–H and O–H groups in total. The maximum atomic E-state index is 13.6. The fourth-order valence-corrected chi connectivity index (χ4v) is 6.64. The quantitative estimate of drug-likeness (QED) is 0.548. The fourth-order valence-electron chi connectivity index (χ4n) is 6.64. The van der Waals surface area contributed by atoms with Crippen molar-refractivity contribution in [3.63, 3.8) is 0 Å². The lowest BCUT2D eigenvalue weighted by atomic mass is 9.57. The van der Waals surface area contributed by atoms with E-state index in [1.807, 2.05) is 31.2 Å². The highest BCUT2D eigenvalue weighted by molar-refractivity contribution is 5.75. The van der Waals surface area contributed by atoms with E-state index in [0.29, 0.717) is 18.4 Å². The van der Waals surface area contributed by atoms with Crippen molar-refractivity contribution in [3.8, 4) is 11.1 Å². The fraction of sp³-hybridized carbons (Fsp3) is 0.483. The SMILES string of the molecule is CCOC(=O)N[C@@H]1CC[C@@H]2[C@H](C1)C[C@@H]1C(=O)O[C@H](C)[C@H]1[C@@H]2C=Cc1ccc(-c2cccc(F)c2)cn1. The Hall–Kier alpha value is -3.22. The topological polar surface area (TPSA) is 77.5 Å². The molecule has 2 saturated carbocycles. The molecule has 1 aliphatic heterocycles. The largest absolute Gasteiger partial charge is 0.462 e. The number of alkyl carbamates (subject to hydrolysis) is 1. The second-order valence-corrected chi connectivity index (χ2v) is 10.3. The zero-order valence-electron chi connectivity index (χ0n) is 20.7. The molecule has 1 aromatic carbocycles. The van der Waals surface area contributed by atoms with Crippen LogP contribution >= 0.6 is 0 Å². The van der Waals surface area contributed by atoms with E-state index in [9.17, 15) is 14.0 Å². The molecule has 6 nitrogen and oxygen atoms in total. The minimum atomic E-state index is -0.368. The zero-order valence-corrected chi connectivity index (χ0v) is 20.7. The first-order valence-electron chi connectivity index (χ1n) is 13.0. The van der Waals surface area contributed by atoms with Gasteiger partial charge in [-0.3, -0.25) is 9.78 Å². The minimum Gasteiger partial charge on any atom is -0.462 e. The number of carbonyl (C=O) groups is 2. The van der Waals surface area contributed by atoms with Crippen LogP contribution in [-0.4, -0.2) is 35.8 Å². The van der Waals surface area contributed by atoms with E-state index in [-0.39, 0.29) is 47.8 Å². The van der Waals surface area contributed by atoms with E-state index in [2.05, 4.69) is 16.4 Å². The third kappa shape index (κ3) is 5.01. The predicted octanol–water partition coefficient (Wildman–Crippen LogP) is 5.63. The summed E-state index contributed by atoms with van der Waals surface area (Å²) in [5, 5.41) is 3.00. The molecule has 2 aromatic rings. The Morgan fingerprint density at radius 3 is 2.83 bits per heavy atom. The van der Waals surface area contributed by atoms with Crippen LogP contribution in [0.4, 0.5) is 9.18 Å². The molecule has 0 bridgehead atoms. The number of esters is 1. The van der Waals surface area contributed by atoms with Crippen molar-refractivity contribution in [2.45, 2.75) is 51.7 Å². The Balaban J connectivity index is 1.34. The summed E-state index contributed by atoms with van der Waals surface area (Å²) >= 11 is 0. The molecule has 190 valence electrons. The Kier molecular flexibility index (Phi) is 7.08. The zero-order chi connectivity index (χ0) is 25.2. The number of allylic oxidation sites excluding steroid dienone is 1. The van der Waals surface area contributed by atoms with Crippen LogP contribution in [0.1, 0.15) is 45.2 Å². The van der Waals surface area contributed by atoms with E-state index in [0.717, 1.165) is 42.5 Å². The van der Waals surface area contributed by atoms with Crippen molar-refractivity contribution in [3.05, 3.63) is 60.2 Å². The number of nitrogens with zero attached hydrogens (tertiary/aromatic N) is 1. The van der Waals surface area contributed by atoms with Gasteiger partial charge in [0.2, 0.25) is 0 Å². The van der Waals surface area contributed by atoms with Gasteiger partial charge in [-0.15, -0.1) is 0 Å². The number of amides is 1.